The maximum atomic E-state index is 3.29. The third-order valence-electron chi connectivity index (χ3n) is 2.60. The van der Waals surface area contributed by atoms with Crippen molar-refractivity contribution in [1.82, 2.24) is 4.98 Å². The topological polar surface area (TPSA) is 15.8 Å². The lowest BCUT2D eigenvalue weighted by atomic mass is 10.1. The number of aromatic nitrogens is 1. The van der Waals surface area contributed by atoms with Crippen molar-refractivity contribution in [2.24, 2.45) is 0 Å². The molecule has 16 heavy (non-hydrogen) atoms. The summed E-state index contributed by atoms with van der Waals surface area (Å²) in [4.78, 5) is 3.29. The molecule has 0 bridgehead atoms. The van der Waals surface area contributed by atoms with E-state index in [0.29, 0.717) is 0 Å². The van der Waals surface area contributed by atoms with Gasteiger partial charge in [-0.05, 0) is 30.9 Å². The van der Waals surface area contributed by atoms with Crippen molar-refractivity contribution in [2.45, 2.75) is 46.0 Å². The second-order valence-electron chi connectivity index (χ2n) is 4.07. The van der Waals surface area contributed by atoms with Gasteiger partial charge >= 0.3 is 0 Å². The highest BCUT2D eigenvalue weighted by Gasteiger charge is 1.99. The molecular weight excluding hydrogens is 194 g/mol. The molecule has 1 N–H and O–H groups in total. The van der Waals surface area contributed by atoms with Crippen LogP contribution in [0, 0.1) is 0 Å². The second kappa shape index (κ2) is 7.98. The minimum atomic E-state index is 1.14. The van der Waals surface area contributed by atoms with Crippen molar-refractivity contribution >= 4 is 0 Å². The fourth-order valence-corrected chi connectivity index (χ4v) is 1.82. The molecule has 0 unspecified atom stereocenters. The van der Waals surface area contributed by atoms with Gasteiger partial charge in [0.2, 0.25) is 0 Å². The summed E-state index contributed by atoms with van der Waals surface area (Å²) < 4.78 is 0. The Kier molecular flexibility index (Phi) is 6.39. The maximum absolute atomic E-state index is 3.29. The summed E-state index contributed by atoms with van der Waals surface area (Å²) in [6.45, 7) is 4.44. The molecule has 1 aromatic rings. The van der Waals surface area contributed by atoms with Crippen LogP contribution < -0.4 is 0 Å². The van der Waals surface area contributed by atoms with E-state index < -0.39 is 0 Å². The van der Waals surface area contributed by atoms with Crippen LogP contribution in [0.3, 0.4) is 0 Å². The highest BCUT2D eigenvalue weighted by Crippen LogP contribution is 2.10. The van der Waals surface area contributed by atoms with Gasteiger partial charge in [-0.3, -0.25) is 0 Å². The molecule has 0 spiro atoms. The molecule has 0 radical (unpaired) electrons. The van der Waals surface area contributed by atoms with Gasteiger partial charge in [-0.25, -0.2) is 0 Å². The molecule has 0 saturated heterocycles. The quantitative estimate of drug-likeness (QED) is 0.768. The number of aromatic amines is 1. The predicted molar refractivity (Wildman–Crippen MR) is 71.7 cm³/mol. The molecule has 1 heterocycles. The van der Waals surface area contributed by atoms with Crippen LogP contribution in [0.25, 0.3) is 0 Å². The van der Waals surface area contributed by atoms with Crippen molar-refractivity contribution < 1.29 is 0 Å². The van der Waals surface area contributed by atoms with Crippen LogP contribution in [0.15, 0.2) is 36.6 Å². The van der Waals surface area contributed by atoms with Gasteiger partial charge in [0, 0.05) is 11.9 Å². The van der Waals surface area contributed by atoms with Gasteiger partial charge in [-0.15, -0.1) is 0 Å². The number of H-pyrrole nitrogens is 1. The summed E-state index contributed by atoms with van der Waals surface area (Å²) in [5.74, 6) is 0. The second-order valence-corrected chi connectivity index (χ2v) is 4.07. The first kappa shape index (κ1) is 12.8. The monoisotopic (exact) mass is 217 g/mol. The average Bonchev–Trinajstić information content (AvgIpc) is 2.93. The number of nitrogens with one attached hydrogen (secondary N) is 1. The van der Waals surface area contributed by atoms with Crippen molar-refractivity contribution in [3.63, 3.8) is 0 Å². The molecule has 1 nitrogen and oxygen atoms in total. The SMILES string of the molecule is C1=CCC=C1.CCCc1cc[nH]c1CCC. The first-order valence-electron chi connectivity index (χ1n) is 6.35. The van der Waals surface area contributed by atoms with Gasteiger partial charge in [0.1, 0.15) is 0 Å². The molecule has 0 fully saturated rings. The van der Waals surface area contributed by atoms with Gasteiger partial charge in [-0.2, -0.15) is 0 Å². The van der Waals surface area contributed by atoms with Gasteiger partial charge < -0.3 is 4.98 Å². The van der Waals surface area contributed by atoms with Gasteiger partial charge in [0.05, 0.1) is 0 Å². The zero-order valence-corrected chi connectivity index (χ0v) is 10.5. The third-order valence-corrected chi connectivity index (χ3v) is 2.60. The predicted octanol–water partition coefficient (Wildman–Crippen LogP) is 4.42. The number of aryl methyl sites for hydroxylation is 2. The van der Waals surface area contributed by atoms with Crippen molar-refractivity contribution in [2.75, 3.05) is 0 Å². The van der Waals surface area contributed by atoms with E-state index in [2.05, 4.69) is 55.4 Å². The van der Waals surface area contributed by atoms with Crippen LogP contribution >= 0.6 is 0 Å². The van der Waals surface area contributed by atoms with E-state index in [0.717, 1.165) is 6.42 Å². The summed E-state index contributed by atoms with van der Waals surface area (Å²) in [5, 5.41) is 0. The normalized spacial score (nSPS) is 12.6. The van der Waals surface area contributed by atoms with E-state index in [9.17, 15) is 0 Å². The highest BCUT2D eigenvalue weighted by atomic mass is 14.7. The van der Waals surface area contributed by atoms with E-state index in [1.54, 1.807) is 0 Å². The largest absolute Gasteiger partial charge is 0.365 e. The summed E-state index contributed by atoms with van der Waals surface area (Å²) in [6, 6.07) is 2.20. The minimum Gasteiger partial charge on any atom is -0.365 e. The molecule has 1 aliphatic rings. The Hall–Kier alpha value is -1.24. The number of hydrogen-bond donors (Lipinski definition) is 1. The average molecular weight is 217 g/mol. The van der Waals surface area contributed by atoms with Crippen LogP contribution in [-0.2, 0) is 12.8 Å². The Morgan fingerprint density at radius 2 is 1.75 bits per heavy atom. The van der Waals surface area contributed by atoms with Crippen molar-refractivity contribution in [3.05, 3.63) is 47.8 Å². The van der Waals surface area contributed by atoms with E-state index in [1.807, 2.05) is 0 Å². The molecule has 1 aliphatic carbocycles. The van der Waals surface area contributed by atoms with E-state index in [-0.39, 0.29) is 0 Å². The molecule has 1 heteroatoms. The molecular formula is C15H23N. The van der Waals surface area contributed by atoms with Crippen LogP contribution in [0.4, 0.5) is 0 Å². The molecule has 0 saturated carbocycles. The molecule has 0 aliphatic heterocycles. The summed E-state index contributed by atoms with van der Waals surface area (Å²) in [5.41, 5.74) is 2.95. The van der Waals surface area contributed by atoms with Crippen LogP contribution in [0.5, 0.6) is 0 Å². The number of allylic oxidation sites excluding steroid dienone is 4. The Morgan fingerprint density at radius 3 is 2.25 bits per heavy atom. The lowest BCUT2D eigenvalue weighted by Gasteiger charge is -1.99. The van der Waals surface area contributed by atoms with Crippen LogP contribution in [0.2, 0.25) is 0 Å². The Bertz CT molecular complexity index is 300. The minimum absolute atomic E-state index is 1.14. The van der Waals surface area contributed by atoms with Gasteiger partial charge in [-0.1, -0.05) is 51.0 Å². The fraction of sp³-hybridized carbons (Fsp3) is 0.467. The Morgan fingerprint density at radius 1 is 1.06 bits per heavy atom. The summed E-state index contributed by atoms with van der Waals surface area (Å²) in [6.07, 6.45) is 16.4. The first-order chi connectivity index (χ1) is 7.88. The van der Waals surface area contributed by atoms with Crippen molar-refractivity contribution in [1.29, 1.82) is 0 Å². The van der Waals surface area contributed by atoms with E-state index in [1.165, 1.54) is 36.9 Å². The molecule has 1 aromatic heterocycles. The zero-order valence-electron chi connectivity index (χ0n) is 10.5. The zero-order chi connectivity index (χ0) is 11.6. The molecule has 2 rings (SSSR count). The smallest absolute Gasteiger partial charge is 0.0179 e. The Labute approximate surface area is 99.3 Å². The van der Waals surface area contributed by atoms with Crippen LogP contribution in [0.1, 0.15) is 44.4 Å². The number of hydrogen-bond acceptors (Lipinski definition) is 0. The standard InChI is InChI=1S/C10H17N.C5H6/c1-3-5-9-7-8-11-10(9)6-4-2;1-2-4-5-3-1/h7-8,11H,3-6H2,1-2H3;1-4H,5H2. The van der Waals surface area contributed by atoms with E-state index in [4.69, 9.17) is 0 Å². The fourth-order valence-electron chi connectivity index (χ4n) is 1.82. The maximum Gasteiger partial charge on any atom is 0.0179 e. The van der Waals surface area contributed by atoms with Gasteiger partial charge in [0.15, 0.2) is 0 Å². The summed E-state index contributed by atoms with van der Waals surface area (Å²) in [7, 11) is 0. The van der Waals surface area contributed by atoms with Crippen molar-refractivity contribution in [3.8, 4) is 0 Å². The molecule has 0 aromatic carbocycles. The lowest BCUT2D eigenvalue weighted by Crippen LogP contribution is -1.90. The first-order valence-corrected chi connectivity index (χ1v) is 6.35. The Balaban J connectivity index is 0.000000212. The highest BCUT2D eigenvalue weighted by molar-refractivity contribution is 5.20. The lowest BCUT2D eigenvalue weighted by molar-refractivity contribution is 0.846. The van der Waals surface area contributed by atoms with E-state index >= 15 is 0 Å². The van der Waals surface area contributed by atoms with Crippen LogP contribution in [-0.4, -0.2) is 4.98 Å². The summed E-state index contributed by atoms with van der Waals surface area (Å²) >= 11 is 0. The molecule has 88 valence electrons. The molecule has 0 atom stereocenters. The number of rotatable bonds is 4. The van der Waals surface area contributed by atoms with Gasteiger partial charge in [0.25, 0.3) is 0 Å². The molecule has 0 amide bonds. The third kappa shape index (κ3) is 4.52.